The van der Waals surface area contributed by atoms with Crippen LogP contribution in [0.3, 0.4) is 0 Å². The summed E-state index contributed by atoms with van der Waals surface area (Å²) in [7, 11) is 1.32. The fraction of sp³-hybridized carbons (Fsp3) is 0.0556. The first kappa shape index (κ1) is 18.8. The van der Waals surface area contributed by atoms with Crippen molar-refractivity contribution in [1.29, 1.82) is 0 Å². The van der Waals surface area contributed by atoms with Crippen LogP contribution >= 0.6 is 23.2 Å². The molecule has 0 radical (unpaired) electrons. The van der Waals surface area contributed by atoms with Crippen molar-refractivity contribution in [3.05, 3.63) is 64.4 Å². The van der Waals surface area contributed by atoms with E-state index in [2.05, 4.69) is 20.0 Å². The lowest BCUT2D eigenvalue weighted by Crippen LogP contribution is -2.03. The van der Waals surface area contributed by atoms with Crippen molar-refractivity contribution in [1.82, 2.24) is 9.97 Å². The van der Waals surface area contributed by atoms with E-state index in [1.807, 2.05) is 0 Å². The number of nitrogens with zero attached hydrogens (tertiary/aromatic N) is 2. The number of ether oxygens (including phenoxy) is 2. The largest absolute Gasteiger partial charge is 0.465 e. The van der Waals surface area contributed by atoms with Gasteiger partial charge in [0, 0.05) is 5.69 Å². The Morgan fingerprint density at radius 2 is 1.81 bits per heavy atom. The maximum atomic E-state index is 11.5. The second-order valence-electron chi connectivity index (χ2n) is 5.31. The van der Waals surface area contributed by atoms with Crippen molar-refractivity contribution >= 4 is 46.4 Å². The van der Waals surface area contributed by atoms with Crippen LogP contribution in [-0.4, -0.2) is 23.0 Å². The van der Waals surface area contributed by atoms with Gasteiger partial charge in [0.05, 0.1) is 22.7 Å². The summed E-state index contributed by atoms with van der Waals surface area (Å²) in [4.78, 5) is 19.6. The highest BCUT2D eigenvalue weighted by Gasteiger charge is 2.12. The first-order valence-corrected chi connectivity index (χ1v) is 8.42. The lowest BCUT2D eigenvalue weighted by Gasteiger charge is -2.12. The Labute approximate surface area is 165 Å². The number of benzene rings is 2. The van der Waals surface area contributed by atoms with Gasteiger partial charge in [0.25, 0.3) is 0 Å². The van der Waals surface area contributed by atoms with E-state index in [1.54, 1.807) is 42.5 Å². The number of nitrogens with one attached hydrogen (secondary N) is 1. The number of esters is 1. The monoisotopic (exact) mass is 404 g/mol. The molecule has 0 saturated heterocycles. The molecule has 0 unspecified atom stereocenters. The molecule has 0 aliphatic rings. The molecule has 7 nitrogen and oxygen atoms in total. The molecule has 3 aromatic rings. The van der Waals surface area contributed by atoms with E-state index in [-0.39, 0.29) is 11.6 Å². The van der Waals surface area contributed by atoms with E-state index in [0.717, 1.165) is 0 Å². The first-order valence-electron chi connectivity index (χ1n) is 7.66. The van der Waals surface area contributed by atoms with Crippen LogP contribution in [0.5, 0.6) is 11.6 Å². The van der Waals surface area contributed by atoms with E-state index in [9.17, 15) is 4.79 Å². The molecule has 3 rings (SSSR count). The standard InChI is InChI=1S/C18H14Cl2N4O3/c1-26-18(25)10-2-5-12(6-3-10)27-17-15(21)16(22-9-23-17)24-11-4-7-13(19)14(20)8-11/h2-9H,21H2,1H3,(H,22,23,24). The average Bonchev–Trinajstić information content (AvgIpc) is 2.68. The normalized spacial score (nSPS) is 10.3. The predicted octanol–water partition coefficient (Wildman–Crippen LogP) is 4.69. The third kappa shape index (κ3) is 4.39. The van der Waals surface area contributed by atoms with Crippen molar-refractivity contribution in [2.45, 2.75) is 0 Å². The number of aromatic nitrogens is 2. The van der Waals surface area contributed by atoms with Crippen molar-refractivity contribution in [2.75, 3.05) is 18.2 Å². The van der Waals surface area contributed by atoms with E-state index >= 15 is 0 Å². The molecule has 0 spiro atoms. The zero-order chi connectivity index (χ0) is 19.4. The summed E-state index contributed by atoms with van der Waals surface area (Å²) < 4.78 is 10.3. The number of hydrogen-bond donors (Lipinski definition) is 2. The number of methoxy groups -OCH3 is 1. The molecule has 0 aliphatic carbocycles. The van der Waals surface area contributed by atoms with Crippen LogP contribution < -0.4 is 15.8 Å². The number of hydrogen-bond acceptors (Lipinski definition) is 7. The summed E-state index contributed by atoms with van der Waals surface area (Å²) in [5.74, 6) is 0.535. The van der Waals surface area contributed by atoms with Crippen molar-refractivity contribution in [3.8, 4) is 11.6 Å². The zero-order valence-electron chi connectivity index (χ0n) is 14.1. The Morgan fingerprint density at radius 3 is 2.48 bits per heavy atom. The van der Waals surface area contributed by atoms with Gasteiger partial charge in [-0.05, 0) is 42.5 Å². The van der Waals surface area contributed by atoms with Crippen molar-refractivity contribution in [3.63, 3.8) is 0 Å². The highest BCUT2D eigenvalue weighted by atomic mass is 35.5. The Bertz CT molecular complexity index is 981. The van der Waals surface area contributed by atoms with Gasteiger partial charge in [0.15, 0.2) is 5.82 Å². The van der Waals surface area contributed by atoms with Gasteiger partial charge >= 0.3 is 5.97 Å². The van der Waals surface area contributed by atoms with Gasteiger partial charge in [-0.15, -0.1) is 0 Å². The second kappa shape index (κ2) is 8.11. The predicted molar refractivity (Wildman–Crippen MR) is 104 cm³/mol. The van der Waals surface area contributed by atoms with Gasteiger partial charge < -0.3 is 20.5 Å². The minimum Gasteiger partial charge on any atom is -0.465 e. The van der Waals surface area contributed by atoms with Gasteiger partial charge in [-0.1, -0.05) is 23.2 Å². The highest BCUT2D eigenvalue weighted by molar-refractivity contribution is 6.42. The number of nitrogen functional groups attached to an aromatic ring is 1. The molecule has 3 N–H and O–H groups in total. The molecule has 0 bridgehead atoms. The highest BCUT2D eigenvalue weighted by Crippen LogP contribution is 2.32. The van der Waals surface area contributed by atoms with E-state index in [1.165, 1.54) is 13.4 Å². The summed E-state index contributed by atoms with van der Waals surface area (Å²) in [5, 5.41) is 3.88. The fourth-order valence-electron chi connectivity index (χ4n) is 2.16. The molecule has 0 aliphatic heterocycles. The zero-order valence-corrected chi connectivity index (χ0v) is 15.6. The van der Waals surface area contributed by atoms with Crippen molar-refractivity contribution in [2.24, 2.45) is 0 Å². The van der Waals surface area contributed by atoms with Crippen LogP contribution in [0, 0.1) is 0 Å². The van der Waals surface area contributed by atoms with Gasteiger partial charge in [0.1, 0.15) is 17.8 Å². The number of halogens is 2. The van der Waals surface area contributed by atoms with Crippen LogP contribution in [0.4, 0.5) is 17.2 Å². The number of rotatable bonds is 5. The number of carbonyl (C=O) groups excluding carboxylic acids is 1. The van der Waals surface area contributed by atoms with E-state index in [0.29, 0.717) is 32.9 Å². The molecular weight excluding hydrogens is 391 g/mol. The van der Waals surface area contributed by atoms with Crippen LogP contribution in [0.25, 0.3) is 0 Å². The molecule has 0 atom stereocenters. The summed E-state index contributed by atoms with van der Waals surface area (Å²) in [6, 6.07) is 11.4. The second-order valence-corrected chi connectivity index (χ2v) is 6.13. The third-order valence-electron chi connectivity index (χ3n) is 3.52. The number of nitrogens with two attached hydrogens (primary N) is 1. The molecule has 9 heteroatoms. The number of carbonyl (C=O) groups is 1. The first-order chi connectivity index (χ1) is 13.0. The minimum absolute atomic E-state index is 0.165. The molecule has 138 valence electrons. The number of anilines is 3. The van der Waals surface area contributed by atoms with Crippen LogP contribution in [-0.2, 0) is 4.74 Å². The molecule has 2 aromatic carbocycles. The smallest absolute Gasteiger partial charge is 0.337 e. The third-order valence-corrected chi connectivity index (χ3v) is 4.26. The van der Waals surface area contributed by atoms with Gasteiger partial charge in [-0.3, -0.25) is 0 Å². The summed E-state index contributed by atoms with van der Waals surface area (Å²) in [5.41, 5.74) is 7.37. The van der Waals surface area contributed by atoms with Crippen LogP contribution in [0.1, 0.15) is 10.4 Å². The summed E-state index contributed by atoms with van der Waals surface area (Å²) in [6.07, 6.45) is 1.31. The molecule has 1 aromatic heterocycles. The van der Waals surface area contributed by atoms with E-state index in [4.69, 9.17) is 33.7 Å². The molecule has 0 saturated carbocycles. The van der Waals surface area contributed by atoms with Gasteiger partial charge in [-0.2, -0.15) is 4.98 Å². The molecule has 1 heterocycles. The lowest BCUT2D eigenvalue weighted by atomic mass is 10.2. The molecule has 0 fully saturated rings. The van der Waals surface area contributed by atoms with Crippen LogP contribution in [0.2, 0.25) is 10.0 Å². The van der Waals surface area contributed by atoms with Crippen LogP contribution in [0.15, 0.2) is 48.8 Å². The Morgan fingerprint density at radius 1 is 1.07 bits per heavy atom. The summed E-state index contributed by atoms with van der Waals surface area (Å²) >= 11 is 11.9. The quantitative estimate of drug-likeness (QED) is 0.594. The van der Waals surface area contributed by atoms with Crippen molar-refractivity contribution < 1.29 is 14.3 Å². The van der Waals surface area contributed by atoms with E-state index < -0.39 is 5.97 Å². The van der Waals surface area contributed by atoms with Gasteiger partial charge in [0.2, 0.25) is 5.88 Å². The maximum absolute atomic E-state index is 11.5. The Balaban J connectivity index is 1.80. The fourth-order valence-corrected chi connectivity index (χ4v) is 2.46. The SMILES string of the molecule is COC(=O)c1ccc(Oc2ncnc(Nc3ccc(Cl)c(Cl)c3)c2N)cc1. The maximum Gasteiger partial charge on any atom is 0.337 e. The Kier molecular flexibility index (Phi) is 5.63. The topological polar surface area (TPSA) is 99.4 Å². The van der Waals surface area contributed by atoms with Gasteiger partial charge in [-0.25, -0.2) is 9.78 Å². The average molecular weight is 405 g/mol. The molecule has 0 amide bonds. The lowest BCUT2D eigenvalue weighted by molar-refractivity contribution is 0.0600. The molecular formula is C18H14Cl2N4O3. The summed E-state index contributed by atoms with van der Waals surface area (Å²) in [6.45, 7) is 0. The molecule has 27 heavy (non-hydrogen) atoms. The Hall–Kier alpha value is -3.03. The minimum atomic E-state index is -0.434.